The quantitative estimate of drug-likeness (QED) is 0.403. The van der Waals surface area contributed by atoms with Crippen LogP contribution in [0.5, 0.6) is 0 Å². The normalized spacial score (nSPS) is 24.5. The molecule has 0 bridgehead atoms. The first kappa shape index (κ1) is 29.7. The lowest BCUT2D eigenvalue weighted by Crippen LogP contribution is -2.39. The molecule has 8 nitrogen and oxygen atoms in total. The fraction of sp³-hybridized carbons (Fsp3) is 0.697. The second-order valence-electron chi connectivity index (χ2n) is 14.1. The van der Waals surface area contributed by atoms with E-state index in [1.807, 2.05) is 24.0 Å². The topological polar surface area (TPSA) is 83.4 Å². The molecule has 2 saturated carbocycles. The van der Waals surface area contributed by atoms with E-state index in [4.69, 9.17) is 10.2 Å². The lowest BCUT2D eigenvalue weighted by molar-refractivity contribution is -0.131. The van der Waals surface area contributed by atoms with Crippen molar-refractivity contribution < 1.29 is 9.59 Å². The molecular formula is C33H50N6O2. The Hall–Kier alpha value is -2.74. The van der Waals surface area contributed by atoms with Crippen molar-refractivity contribution in [2.75, 3.05) is 38.0 Å². The predicted molar refractivity (Wildman–Crippen MR) is 163 cm³/mol. The summed E-state index contributed by atoms with van der Waals surface area (Å²) in [4.78, 5) is 31.4. The number of hydrogen-bond acceptors (Lipinski definition) is 5. The maximum absolute atomic E-state index is 13.9. The molecular weight excluding hydrogens is 512 g/mol. The zero-order valence-electron chi connectivity index (χ0n) is 26.2. The standard InChI is InChI=1S/C33H50N6O2/c1-8-37(9-2)20-29(40)38-18-26(27(19-38)32(41)34-28-13-10-21(3)14-22(28)4)31-36-35-30(39(31)25-11-12-25)24-15-23(16-24)17-33(5,6)7/h10,13-14,23-27H,8-9,11-12,15-20H2,1-7H3,(H,34,41)/t23-,24+,26-,27-/m0/s1. The lowest BCUT2D eigenvalue weighted by Gasteiger charge is -2.38. The maximum atomic E-state index is 13.9. The van der Waals surface area contributed by atoms with E-state index in [2.05, 4.69) is 62.4 Å². The van der Waals surface area contributed by atoms with Crippen molar-refractivity contribution in [1.29, 1.82) is 0 Å². The van der Waals surface area contributed by atoms with Crippen molar-refractivity contribution in [2.24, 2.45) is 17.3 Å². The van der Waals surface area contributed by atoms with Crippen LogP contribution in [0.25, 0.3) is 0 Å². The second-order valence-corrected chi connectivity index (χ2v) is 14.1. The van der Waals surface area contributed by atoms with Gasteiger partial charge in [-0.15, -0.1) is 10.2 Å². The summed E-state index contributed by atoms with van der Waals surface area (Å²) in [5, 5.41) is 12.8. The predicted octanol–water partition coefficient (Wildman–Crippen LogP) is 5.68. The van der Waals surface area contributed by atoms with Gasteiger partial charge < -0.3 is 14.8 Å². The van der Waals surface area contributed by atoms with Crippen LogP contribution in [-0.4, -0.2) is 69.1 Å². The first-order valence-electron chi connectivity index (χ1n) is 15.8. The summed E-state index contributed by atoms with van der Waals surface area (Å²) >= 11 is 0. The van der Waals surface area contributed by atoms with Crippen LogP contribution < -0.4 is 5.32 Å². The van der Waals surface area contributed by atoms with Crippen LogP contribution in [0, 0.1) is 31.1 Å². The molecule has 1 saturated heterocycles. The molecule has 2 amide bonds. The van der Waals surface area contributed by atoms with Crippen LogP contribution >= 0.6 is 0 Å². The third-order valence-electron chi connectivity index (χ3n) is 9.40. The Morgan fingerprint density at radius 3 is 2.32 bits per heavy atom. The third kappa shape index (κ3) is 6.68. The number of likely N-dealkylation sites (N-methyl/N-ethyl adjacent to an activating group) is 1. The summed E-state index contributed by atoms with van der Waals surface area (Å²) in [5.74, 6) is 2.68. The molecule has 5 rings (SSSR count). The van der Waals surface area contributed by atoms with Gasteiger partial charge in [-0.2, -0.15) is 0 Å². The number of nitrogens with one attached hydrogen (secondary N) is 1. The Kier molecular flexibility index (Phi) is 8.61. The number of nitrogens with zero attached hydrogens (tertiary/aromatic N) is 5. The molecule has 2 heterocycles. The zero-order valence-corrected chi connectivity index (χ0v) is 26.2. The molecule has 1 N–H and O–H groups in total. The average Bonchev–Trinajstić information content (AvgIpc) is 3.47. The summed E-state index contributed by atoms with van der Waals surface area (Å²) in [6.07, 6.45) is 5.83. The molecule has 1 aromatic carbocycles. The van der Waals surface area contributed by atoms with Crippen LogP contribution in [0.2, 0.25) is 0 Å². The van der Waals surface area contributed by atoms with Gasteiger partial charge in [0.25, 0.3) is 0 Å². The molecule has 224 valence electrons. The van der Waals surface area contributed by atoms with Crippen LogP contribution in [0.4, 0.5) is 5.69 Å². The minimum atomic E-state index is -0.374. The fourth-order valence-corrected chi connectivity index (χ4v) is 6.99. The minimum Gasteiger partial charge on any atom is -0.340 e. The number of aromatic nitrogens is 3. The number of aryl methyl sites for hydroxylation is 2. The number of carbonyl (C=O) groups excluding carboxylic acids is 2. The Morgan fingerprint density at radius 1 is 1.02 bits per heavy atom. The van der Waals surface area contributed by atoms with Gasteiger partial charge >= 0.3 is 0 Å². The molecule has 2 aliphatic carbocycles. The zero-order chi connectivity index (χ0) is 29.5. The molecule has 0 unspecified atom stereocenters. The van der Waals surface area contributed by atoms with Crippen molar-refractivity contribution in [3.05, 3.63) is 41.0 Å². The fourth-order valence-electron chi connectivity index (χ4n) is 6.99. The van der Waals surface area contributed by atoms with Gasteiger partial charge in [0, 0.05) is 30.7 Å². The molecule has 8 heteroatoms. The van der Waals surface area contributed by atoms with Crippen molar-refractivity contribution in [2.45, 2.75) is 98.4 Å². The molecule has 2 aromatic rings. The van der Waals surface area contributed by atoms with Gasteiger partial charge in [-0.25, -0.2) is 0 Å². The van der Waals surface area contributed by atoms with E-state index in [0.717, 1.165) is 67.6 Å². The Morgan fingerprint density at radius 2 is 1.71 bits per heavy atom. The first-order valence-corrected chi connectivity index (χ1v) is 15.8. The van der Waals surface area contributed by atoms with Gasteiger partial charge in [0.05, 0.1) is 18.4 Å². The summed E-state index contributed by atoms with van der Waals surface area (Å²) in [7, 11) is 0. The highest BCUT2D eigenvalue weighted by Gasteiger charge is 2.46. The maximum Gasteiger partial charge on any atom is 0.236 e. The molecule has 1 aromatic heterocycles. The monoisotopic (exact) mass is 562 g/mol. The van der Waals surface area contributed by atoms with Crippen molar-refractivity contribution in [1.82, 2.24) is 24.6 Å². The first-order chi connectivity index (χ1) is 19.5. The number of anilines is 1. The largest absolute Gasteiger partial charge is 0.340 e. The van der Waals surface area contributed by atoms with Gasteiger partial charge in [-0.1, -0.05) is 52.3 Å². The average molecular weight is 563 g/mol. The summed E-state index contributed by atoms with van der Waals surface area (Å²) in [6, 6.07) is 6.50. The van der Waals surface area contributed by atoms with Gasteiger partial charge in [0.1, 0.15) is 11.6 Å². The van der Waals surface area contributed by atoms with E-state index >= 15 is 0 Å². The Balaban J connectivity index is 1.41. The van der Waals surface area contributed by atoms with E-state index in [9.17, 15) is 9.59 Å². The molecule has 0 spiro atoms. The summed E-state index contributed by atoms with van der Waals surface area (Å²) < 4.78 is 2.39. The van der Waals surface area contributed by atoms with Gasteiger partial charge in [0.2, 0.25) is 11.8 Å². The highest BCUT2D eigenvalue weighted by molar-refractivity contribution is 5.95. The number of benzene rings is 1. The lowest BCUT2D eigenvalue weighted by atomic mass is 9.68. The Bertz CT molecular complexity index is 1250. The van der Waals surface area contributed by atoms with Crippen molar-refractivity contribution in [3.63, 3.8) is 0 Å². The van der Waals surface area contributed by atoms with Gasteiger partial charge in [-0.3, -0.25) is 14.5 Å². The second kappa shape index (κ2) is 11.9. The number of rotatable bonds is 10. The van der Waals surface area contributed by atoms with Gasteiger partial charge in [-0.05, 0) is 82.0 Å². The highest BCUT2D eigenvalue weighted by atomic mass is 16.2. The molecule has 1 aliphatic heterocycles. The molecule has 2 atom stereocenters. The molecule has 0 radical (unpaired) electrons. The van der Waals surface area contributed by atoms with Crippen LogP contribution in [0.15, 0.2) is 18.2 Å². The Labute approximate surface area is 246 Å². The number of carbonyl (C=O) groups is 2. The van der Waals surface area contributed by atoms with Crippen molar-refractivity contribution in [3.8, 4) is 0 Å². The molecule has 3 fully saturated rings. The van der Waals surface area contributed by atoms with E-state index < -0.39 is 0 Å². The van der Waals surface area contributed by atoms with Crippen LogP contribution in [0.3, 0.4) is 0 Å². The smallest absolute Gasteiger partial charge is 0.236 e. The van der Waals surface area contributed by atoms with Crippen LogP contribution in [-0.2, 0) is 9.59 Å². The molecule has 41 heavy (non-hydrogen) atoms. The van der Waals surface area contributed by atoms with E-state index in [0.29, 0.717) is 37.0 Å². The number of amides is 2. The number of hydrogen-bond donors (Lipinski definition) is 1. The summed E-state index contributed by atoms with van der Waals surface area (Å²) in [5.41, 5.74) is 3.38. The van der Waals surface area contributed by atoms with E-state index in [1.54, 1.807) is 0 Å². The molecule has 3 aliphatic rings. The minimum absolute atomic E-state index is 0.0409. The van der Waals surface area contributed by atoms with E-state index in [-0.39, 0.29) is 23.7 Å². The van der Waals surface area contributed by atoms with Crippen molar-refractivity contribution >= 4 is 17.5 Å². The van der Waals surface area contributed by atoms with E-state index in [1.165, 1.54) is 12.0 Å². The number of likely N-dealkylation sites (tertiary alicyclic amines) is 1. The van der Waals surface area contributed by atoms with Gasteiger partial charge in [0.15, 0.2) is 0 Å². The SMILES string of the molecule is CCN(CC)CC(=O)N1C[C@H](C(=O)Nc2ccc(C)cc2C)[C@@H](c2nnc([C@H]3C[C@@H](CC(C)(C)C)C3)n2C2CC2)C1. The highest BCUT2D eigenvalue weighted by Crippen LogP contribution is 2.49. The van der Waals surface area contributed by atoms with Crippen LogP contribution in [0.1, 0.15) is 107 Å². The third-order valence-corrected chi connectivity index (χ3v) is 9.40. The summed E-state index contributed by atoms with van der Waals surface area (Å²) in [6.45, 7) is 18.1.